The summed E-state index contributed by atoms with van der Waals surface area (Å²) < 4.78 is 19.6. The zero-order chi connectivity index (χ0) is 19.4. The molecule has 2 aromatic rings. The van der Waals surface area contributed by atoms with E-state index in [0.29, 0.717) is 11.3 Å². The van der Waals surface area contributed by atoms with Gasteiger partial charge in [0, 0.05) is 5.56 Å². The minimum atomic E-state index is -0.566. The van der Waals surface area contributed by atoms with E-state index >= 15 is 0 Å². The molecular formula is C21H24FN3O2. The van der Waals surface area contributed by atoms with Crippen molar-refractivity contribution in [3.63, 3.8) is 0 Å². The van der Waals surface area contributed by atoms with Gasteiger partial charge in [-0.15, -0.1) is 0 Å². The second-order valence-electron chi connectivity index (χ2n) is 8.55. The van der Waals surface area contributed by atoms with Gasteiger partial charge in [-0.25, -0.2) is 9.18 Å². The lowest BCUT2D eigenvalue weighted by Gasteiger charge is -2.32. The number of ether oxygens (including phenoxy) is 1. The average molecular weight is 369 g/mol. The van der Waals surface area contributed by atoms with E-state index < -0.39 is 17.2 Å². The Labute approximate surface area is 158 Å². The molecule has 5 nitrogen and oxygen atoms in total. The summed E-state index contributed by atoms with van der Waals surface area (Å²) in [5.41, 5.74) is 1.68. The molecule has 2 bridgehead atoms. The van der Waals surface area contributed by atoms with E-state index in [1.165, 1.54) is 6.07 Å². The Kier molecular flexibility index (Phi) is 3.98. The molecule has 0 radical (unpaired) electrons. The van der Waals surface area contributed by atoms with Crippen LogP contribution in [-0.4, -0.2) is 21.9 Å². The van der Waals surface area contributed by atoms with Crippen LogP contribution in [-0.2, 0) is 10.3 Å². The lowest BCUT2D eigenvalue weighted by Crippen LogP contribution is -2.48. The zero-order valence-electron chi connectivity index (χ0n) is 16.0. The van der Waals surface area contributed by atoms with Gasteiger partial charge in [-0.2, -0.15) is 10.2 Å². The summed E-state index contributed by atoms with van der Waals surface area (Å²) in [4.78, 5) is 12.5. The molecule has 3 atom stereocenters. The standard InChI is InChI=1S/C21H24FN3O2/c1-12-13-9-10-21(12,23-19(26)27-20(2,3)4)18-15(13)11-17(24-25-18)14-7-5-6-8-16(14)22/h5-8,11-13H,9-10H2,1-4H3,(H,23,26)/t12?,13-,21-/m1/s1. The van der Waals surface area contributed by atoms with E-state index in [2.05, 4.69) is 22.4 Å². The number of halogens is 1. The Hall–Kier alpha value is -2.50. The first-order chi connectivity index (χ1) is 12.7. The van der Waals surface area contributed by atoms with Gasteiger partial charge in [0.2, 0.25) is 0 Å². The Bertz CT molecular complexity index is 909. The number of benzene rings is 1. The fourth-order valence-corrected chi connectivity index (χ4v) is 4.52. The molecule has 1 saturated carbocycles. The third kappa shape index (κ3) is 2.87. The minimum Gasteiger partial charge on any atom is -0.444 e. The molecule has 27 heavy (non-hydrogen) atoms. The molecule has 1 N–H and O–H groups in total. The normalized spacial score (nSPS) is 26.0. The number of alkyl carbamates (subject to hydrolysis) is 1. The van der Waals surface area contributed by atoms with Gasteiger partial charge in [-0.05, 0) is 69.2 Å². The zero-order valence-corrected chi connectivity index (χ0v) is 16.0. The van der Waals surface area contributed by atoms with Crippen LogP contribution in [0, 0.1) is 11.7 Å². The first-order valence-corrected chi connectivity index (χ1v) is 9.35. The number of rotatable bonds is 2. The maximum absolute atomic E-state index is 14.2. The molecule has 1 aromatic carbocycles. The van der Waals surface area contributed by atoms with Crippen molar-refractivity contribution < 1.29 is 13.9 Å². The van der Waals surface area contributed by atoms with Crippen molar-refractivity contribution in [1.82, 2.24) is 15.5 Å². The molecule has 1 aromatic heterocycles. The van der Waals surface area contributed by atoms with Gasteiger partial charge in [0.1, 0.15) is 11.4 Å². The van der Waals surface area contributed by atoms with Gasteiger partial charge in [0.05, 0.1) is 16.9 Å². The largest absolute Gasteiger partial charge is 0.444 e. The van der Waals surface area contributed by atoms with Crippen molar-refractivity contribution in [1.29, 1.82) is 0 Å². The van der Waals surface area contributed by atoms with Gasteiger partial charge in [0.15, 0.2) is 0 Å². The number of carbonyl (C=O) groups excluding carboxylic acids is 1. The number of hydrogen-bond acceptors (Lipinski definition) is 4. The molecule has 1 unspecified atom stereocenters. The Balaban J connectivity index is 1.71. The number of hydrogen-bond donors (Lipinski definition) is 1. The van der Waals surface area contributed by atoms with Gasteiger partial charge >= 0.3 is 6.09 Å². The maximum Gasteiger partial charge on any atom is 0.408 e. The third-order valence-electron chi connectivity index (χ3n) is 5.75. The highest BCUT2D eigenvalue weighted by Gasteiger charge is 2.57. The lowest BCUT2D eigenvalue weighted by molar-refractivity contribution is 0.0427. The summed E-state index contributed by atoms with van der Waals surface area (Å²) in [6, 6.07) is 8.50. The van der Waals surface area contributed by atoms with Crippen molar-refractivity contribution in [2.45, 2.75) is 57.6 Å². The molecule has 6 heteroatoms. The van der Waals surface area contributed by atoms with Crippen molar-refractivity contribution in [3.05, 3.63) is 47.4 Å². The van der Waals surface area contributed by atoms with Crippen molar-refractivity contribution in [2.75, 3.05) is 0 Å². The molecule has 1 fully saturated rings. The maximum atomic E-state index is 14.2. The van der Waals surface area contributed by atoms with Crippen LogP contribution in [0.1, 0.15) is 57.7 Å². The van der Waals surface area contributed by atoms with Crippen LogP contribution in [0.3, 0.4) is 0 Å². The molecular weight excluding hydrogens is 345 g/mol. The molecule has 0 saturated heterocycles. The molecule has 142 valence electrons. The quantitative estimate of drug-likeness (QED) is 0.845. The number of amides is 1. The van der Waals surface area contributed by atoms with Crippen molar-refractivity contribution in [3.8, 4) is 11.3 Å². The monoisotopic (exact) mass is 369 g/mol. The van der Waals surface area contributed by atoms with Crippen LogP contribution in [0.2, 0.25) is 0 Å². The van der Waals surface area contributed by atoms with Crippen molar-refractivity contribution >= 4 is 6.09 Å². The Morgan fingerprint density at radius 1 is 1.30 bits per heavy atom. The van der Waals surface area contributed by atoms with E-state index in [1.807, 2.05) is 26.8 Å². The van der Waals surface area contributed by atoms with Crippen LogP contribution < -0.4 is 5.32 Å². The summed E-state index contributed by atoms with van der Waals surface area (Å²) in [6.07, 6.45) is 1.31. The Morgan fingerprint density at radius 3 is 2.74 bits per heavy atom. The topological polar surface area (TPSA) is 64.1 Å². The van der Waals surface area contributed by atoms with E-state index in [0.717, 1.165) is 24.1 Å². The third-order valence-corrected chi connectivity index (χ3v) is 5.75. The van der Waals surface area contributed by atoms with E-state index in [-0.39, 0.29) is 17.7 Å². The molecule has 1 heterocycles. The molecule has 1 amide bonds. The highest BCUT2D eigenvalue weighted by molar-refractivity contribution is 5.70. The van der Waals surface area contributed by atoms with Crippen LogP contribution in [0.4, 0.5) is 9.18 Å². The molecule has 4 rings (SSSR count). The van der Waals surface area contributed by atoms with E-state index in [9.17, 15) is 9.18 Å². The summed E-state index contributed by atoms with van der Waals surface area (Å²) in [6.45, 7) is 7.65. The molecule has 2 aliphatic rings. The smallest absolute Gasteiger partial charge is 0.408 e. The van der Waals surface area contributed by atoms with E-state index in [1.54, 1.807) is 18.2 Å². The predicted octanol–water partition coefficient (Wildman–Crippen LogP) is 4.53. The SMILES string of the molecule is CC1[C@H]2CC[C@]1(NC(=O)OC(C)(C)C)c1nnc(-c3ccccc3F)cc12. The van der Waals surface area contributed by atoms with Gasteiger partial charge in [-0.3, -0.25) is 0 Å². The molecule has 0 spiro atoms. The summed E-state index contributed by atoms with van der Waals surface area (Å²) >= 11 is 0. The first kappa shape index (κ1) is 17.9. The number of nitrogens with one attached hydrogen (secondary N) is 1. The second-order valence-corrected chi connectivity index (χ2v) is 8.55. The summed E-state index contributed by atoms with van der Waals surface area (Å²) in [5.74, 6) is 0.144. The number of nitrogens with zero attached hydrogens (tertiary/aromatic N) is 2. The molecule has 2 aliphatic carbocycles. The van der Waals surface area contributed by atoms with Gasteiger partial charge in [-0.1, -0.05) is 19.1 Å². The predicted molar refractivity (Wildman–Crippen MR) is 99.6 cm³/mol. The number of carbonyl (C=O) groups is 1. The number of fused-ring (bicyclic) bond motifs is 5. The fourth-order valence-electron chi connectivity index (χ4n) is 4.52. The van der Waals surface area contributed by atoms with Gasteiger partial charge in [0.25, 0.3) is 0 Å². The first-order valence-electron chi connectivity index (χ1n) is 9.35. The van der Waals surface area contributed by atoms with Crippen LogP contribution >= 0.6 is 0 Å². The van der Waals surface area contributed by atoms with Gasteiger partial charge < -0.3 is 10.1 Å². The summed E-state index contributed by atoms with van der Waals surface area (Å²) in [5, 5.41) is 11.8. The highest BCUT2D eigenvalue weighted by Crippen LogP contribution is 2.59. The van der Waals surface area contributed by atoms with Crippen LogP contribution in [0.25, 0.3) is 11.3 Å². The second kappa shape index (κ2) is 6.01. The highest BCUT2D eigenvalue weighted by atomic mass is 19.1. The van der Waals surface area contributed by atoms with Crippen molar-refractivity contribution in [2.24, 2.45) is 5.92 Å². The minimum absolute atomic E-state index is 0.185. The van der Waals surface area contributed by atoms with Crippen LogP contribution in [0.5, 0.6) is 0 Å². The Morgan fingerprint density at radius 2 is 2.04 bits per heavy atom. The fraction of sp³-hybridized carbons (Fsp3) is 0.476. The van der Waals surface area contributed by atoms with Crippen LogP contribution in [0.15, 0.2) is 30.3 Å². The van der Waals surface area contributed by atoms with E-state index in [4.69, 9.17) is 4.74 Å². The lowest BCUT2D eigenvalue weighted by atomic mass is 9.88. The average Bonchev–Trinajstić information content (AvgIpc) is 3.01. The summed E-state index contributed by atoms with van der Waals surface area (Å²) in [7, 11) is 0. The molecule has 0 aliphatic heterocycles. The number of aromatic nitrogens is 2.